The number of anilines is 2. The Labute approximate surface area is 209 Å². The minimum atomic E-state index is -2.61. The van der Waals surface area contributed by atoms with Gasteiger partial charge in [-0.05, 0) is 45.4 Å². The number of carbonyl (C=O) groups excluding carboxylic acids is 1. The van der Waals surface area contributed by atoms with Crippen LogP contribution in [0.5, 0.6) is 0 Å². The van der Waals surface area contributed by atoms with Gasteiger partial charge in [-0.1, -0.05) is 11.8 Å². The van der Waals surface area contributed by atoms with Gasteiger partial charge in [0.05, 0.1) is 27.7 Å². The normalized spacial score (nSPS) is 25.0. The molecule has 1 aliphatic heterocycles. The van der Waals surface area contributed by atoms with Crippen molar-refractivity contribution in [1.82, 2.24) is 20.3 Å². The Bertz CT molecular complexity index is 1400. The molecule has 1 aliphatic carbocycles. The number of amides is 1. The maximum atomic E-state index is 14.9. The summed E-state index contributed by atoms with van der Waals surface area (Å²) < 4.78 is 41.3. The molecule has 0 spiro atoms. The number of hydrogen-bond acceptors (Lipinski definition) is 8. The topological polar surface area (TPSA) is 118 Å². The van der Waals surface area contributed by atoms with Gasteiger partial charge < -0.3 is 16.4 Å². The Morgan fingerprint density at radius 3 is 2.72 bits per heavy atom. The molecule has 4 heterocycles. The van der Waals surface area contributed by atoms with Crippen molar-refractivity contribution in [2.24, 2.45) is 16.6 Å². The lowest BCUT2D eigenvalue weighted by atomic mass is 9.86. The summed E-state index contributed by atoms with van der Waals surface area (Å²) in [6.45, 7) is 5.35. The van der Waals surface area contributed by atoms with E-state index in [2.05, 4.69) is 30.6 Å². The second-order valence-corrected chi connectivity index (χ2v) is 10.9. The molecule has 188 valence electrons. The number of rotatable bonds is 6. The molecule has 0 radical (unpaired) electrons. The predicted octanol–water partition coefficient (Wildman–Crippen LogP) is 4.35. The first-order chi connectivity index (χ1) is 17.0. The second kappa shape index (κ2) is 8.61. The molecule has 4 N–H and O–H groups in total. The van der Waals surface area contributed by atoms with Crippen LogP contribution in [0.1, 0.15) is 43.1 Å². The van der Waals surface area contributed by atoms with Crippen LogP contribution >= 0.6 is 11.8 Å². The van der Waals surface area contributed by atoms with Crippen LogP contribution in [-0.4, -0.2) is 43.2 Å². The van der Waals surface area contributed by atoms with Crippen molar-refractivity contribution in [2.45, 2.75) is 49.9 Å². The minimum Gasteiger partial charge on any atom is -0.378 e. The van der Waals surface area contributed by atoms with Crippen molar-refractivity contribution in [3.63, 3.8) is 0 Å². The highest BCUT2D eigenvalue weighted by molar-refractivity contribution is 8.15. The van der Waals surface area contributed by atoms with Gasteiger partial charge in [0.2, 0.25) is 5.95 Å². The molecule has 3 aromatic heterocycles. The second-order valence-electron chi connectivity index (χ2n) is 9.48. The number of pyridine rings is 3. The van der Waals surface area contributed by atoms with Crippen LogP contribution in [0.2, 0.25) is 0 Å². The zero-order chi connectivity index (χ0) is 25.8. The average molecular weight is 516 g/mol. The molecule has 0 unspecified atom stereocenters. The molecule has 36 heavy (non-hydrogen) atoms. The average Bonchev–Trinajstić information content (AvgIpc) is 3.57. The summed E-state index contributed by atoms with van der Waals surface area (Å²) in [6, 6.07) is 4.91. The quantitative estimate of drug-likeness (QED) is 0.418. The Morgan fingerprint density at radius 2 is 2.00 bits per heavy atom. The number of amidine groups is 1. The van der Waals surface area contributed by atoms with Gasteiger partial charge >= 0.3 is 0 Å². The van der Waals surface area contributed by atoms with Crippen LogP contribution < -0.4 is 16.4 Å². The maximum Gasteiger partial charge on any atom is 0.253 e. The molecule has 2 aliphatic rings. The first-order valence-corrected chi connectivity index (χ1v) is 12.2. The number of halogens is 3. The standard InChI is InChI=1S/C24H24F3N7OS/c1-11(2)32-20(35)13-6-12-4-5-29-19(17(12)30-9-13)33-14-7-15(18(25)31-10-14)23(3)16-8-24(16,21(26)27)36-22(28)34-23/h4-7,9-11,16,21H,8H2,1-3H3,(H2,28,34)(H,29,33)(H,32,35)/t16-,23+,24-/m0/s1. The van der Waals surface area contributed by atoms with Gasteiger partial charge in [-0.15, -0.1) is 0 Å². The SMILES string of the molecule is CC(C)NC(=O)c1cnc2c(Nc3cnc(F)c([C@@]4(C)N=C(N)S[C@@]5(C(F)F)C[C@@H]45)c3)nccc2c1. The summed E-state index contributed by atoms with van der Waals surface area (Å²) in [7, 11) is 0. The van der Waals surface area contributed by atoms with Gasteiger partial charge in [0, 0.05) is 35.3 Å². The summed E-state index contributed by atoms with van der Waals surface area (Å²) in [5.41, 5.74) is 5.96. The number of aromatic nitrogens is 3. The van der Waals surface area contributed by atoms with Crippen LogP contribution in [0.4, 0.5) is 24.7 Å². The number of nitrogens with one attached hydrogen (secondary N) is 2. The minimum absolute atomic E-state index is 0.00143. The van der Waals surface area contributed by atoms with Gasteiger partial charge in [-0.2, -0.15) is 4.39 Å². The molecular formula is C24H24F3N7OS. The first kappa shape index (κ1) is 24.3. The van der Waals surface area contributed by atoms with E-state index in [4.69, 9.17) is 5.73 Å². The number of nitrogens with two attached hydrogens (primary N) is 1. The maximum absolute atomic E-state index is 14.9. The third-order valence-electron chi connectivity index (χ3n) is 6.57. The fraction of sp³-hybridized carbons (Fsp3) is 0.375. The number of aliphatic imine (C=N–C) groups is 1. The zero-order valence-electron chi connectivity index (χ0n) is 19.7. The molecular weight excluding hydrogens is 491 g/mol. The number of nitrogens with zero attached hydrogens (tertiary/aromatic N) is 4. The predicted molar refractivity (Wildman–Crippen MR) is 133 cm³/mol. The van der Waals surface area contributed by atoms with Crippen molar-refractivity contribution in [3.05, 3.63) is 53.9 Å². The molecule has 12 heteroatoms. The Balaban J connectivity index is 1.48. The Kier molecular flexibility index (Phi) is 5.81. The Hall–Kier alpha value is -3.41. The molecule has 1 saturated carbocycles. The third-order valence-corrected chi connectivity index (χ3v) is 7.88. The number of carbonyl (C=O) groups is 1. The van der Waals surface area contributed by atoms with E-state index in [0.717, 1.165) is 11.8 Å². The lowest BCUT2D eigenvalue weighted by Gasteiger charge is -2.33. The number of thioether (sulfide) groups is 1. The van der Waals surface area contributed by atoms with E-state index in [1.54, 1.807) is 25.3 Å². The lowest BCUT2D eigenvalue weighted by molar-refractivity contribution is 0.0943. The largest absolute Gasteiger partial charge is 0.378 e. The third kappa shape index (κ3) is 4.02. The summed E-state index contributed by atoms with van der Waals surface area (Å²) in [4.78, 5) is 29.3. The smallest absolute Gasteiger partial charge is 0.253 e. The summed E-state index contributed by atoms with van der Waals surface area (Å²) in [5.74, 6) is -1.26. The Morgan fingerprint density at radius 1 is 1.22 bits per heavy atom. The van der Waals surface area contributed by atoms with E-state index in [9.17, 15) is 18.0 Å². The molecule has 5 rings (SSSR count). The highest BCUT2D eigenvalue weighted by Gasteiger charge is 2.71. The van der Waals surface area contributed by atoms with Crippen LogP contribution in [0, 0.1) is 11.9 Å². The molecule has 0 bridgehead atoms. The highest BCUT2D eigenvalue weighted by atomic mass is 32.2. The molecule has 3 aromatic rings. The van der Waals surface area contributed by atoms with Gasteiger partial charge in [0.1, 0.15) is 5.52 Å². The number of alkyl halides is 2. The lowest BCUT2D eigenvalue weighted by Crippen LogP contribution is -2.39. The van der Waals surface area contributed by atoms with Crippen LogP contribution in [0.25, 0.3) is 10.9 Å². The van der Waals surface area contributed by atoms with Gasteiger partial charge in [-0.3, -0.25) is 14.8 Å². The van der Waals surface area contributed by atoms with Crippen molar-refractivity contribution in [2.75, 3.05) is 5.32 Å². The zero-order valence-corrected chi connectivity index (χ0v) is 20.5. The van der Waals surface area contributed by atoms with E-state index in [-0.39, 0.29) is 29.1 Å². The summed E-state index contributed by atoms with van der Waals surface area (Å²) >= 11 is 0.861. The molecule has 3 atom stereocenters. The molecule has 0 aromatic carbocycles. The van der Waals surface area contributed by atoms with Crippen LogP contribution in [-0.2, 0) is 5.54 Å². The molecule has 8 nitrogen and oxygen atoms in total. The van der Waals surface area contributed by atoms with Crippen molar-refractivity contribution in [3.8, 4) is 0 Å². The highest BCUT2D eigenvalue weighted by Crippen LogP contribution is 2.68. The van der Waals surface area contributed by atoms with E-state index >= 15 is 0 Å². The molecule has 1 amide bonds. The van der Waals surface area contributed by atoms with Crippen molar-refractivity contribution in [1.29, 1.82) is 0 Å². The fourth-order valence-corrected chi connectivity index (χ4v) is 6.07. The van der Waals surface area contributed by atoms with Crippen molar-refractivity contribution < 1.29 is 18.0 Å². The van der Waals surface area contributed by atoms with E-state index in [1.807, 2.05) is 13.8 Å². The summed E-state index contributed by atoms with van der Waals surface area (Å²) in [6.07, 6.45) is 1.85. The van der Waals surface area contributed by atoms with Gasteiger partial charge in [0.15, 0.2) is 11.0 Å². The fourth-order valence-electron chi connectivity index (χ4n) is 4.73. The van der Waals surface area contributed by atoms with E-state index < -0.39 is 28.6 Å². The van der Waals surface area contributed by atoms with E-state index in [1.165, 1.54) is 18.5 Å². The number of fused-ring (bicyclic) bond motifs is 2. The van der Waals surface area contributed by atoms with Crippen LogP contribution in [0.15, 0.2) is 41.8 Å². The monoisotopic (exact) mass is 515 g/mol. The first-order valence-electron chi connectivity index (χ1n) is 11.3. The number of hydrogen-bond donors (Lipinski definition) is 3. The summed E-state index contributed by atoms with van der Waals surface area (Å²) in [5, 5.41) is 6.58. The van der Waals surface area contributed by atoms with E-state index in [0.29, 0.717) is 28.0 Å². The van der Waals surface area contributed by atoms with Gasteiger partial charge in [0.25, 0.3) is 12.3 Å². The van der Waals surface area contributed by atoms with Crippen molar-refractivity contribution >= 4 is 45.2 Å². The molecule has 1 fully saturated rings. The van der Waals surface area contributed by atoms with Crippen LogP contribution in [0.3, 0.4) is 0 Å². The molecule has 0 saturated heterocycles. The van der Waals surface area contributed by atoms with Gasteiger partial charge in [-0.25, -0.2) is 18.7 Å².